The molecule has 0 aliphatic heterocycles. The number of nitrogens with one attached hydrogen (secondary N) is 2. The summed E-state index contributed by atoms with van der Waals surface area (Å²) in [4.78, 5) is 4.22. The maximum atomic E-state index is 5.55. The van der Waals surface area contributed by atoms with E-state index in [1.54, 1.807) is 14.2 Å². The van der Waals surface area contributed by atoms with E-state index in [2.05, 4.69) is 48.5 Å². The summed E-state index contributed by atoms with van der Waals surface area (Å²) in [6.45, 7) is 9.41. The smallest absolute Gasteiger partial charge is 0.191 e. The maximum absolute atomic E-state index is 5.55. The lowest BCUT2D eigenvalue weighted by atomic mass is 10.1. The quantitative estimate of drug-likeness (QED) is 0.264. The SMILES string of the molecule is CN=C(NCCOCC(C)C)NCCc1cc(C)ccc1OC.I. The predicted octanol–water partition coefficient (Wildman–Crippen LogP) is 3.00. The lowest BCUT2D eigenvalue weighted by Crippen LogP contribution is -2.39. The molecule has 2 N–H and O–H groups in total. The number of hydrogen-bond donors (Lipinski definition) is 2. The van der Waals surface area contributed by atoms with Crippen molar-refractivity contribution in [2.75, 3.05) is 40.5 Å². The number of aryl methyl sites for hydroxylation is 1. The van der Waals surface area contributed by atoms with E-state index < -0.39 is 0 Å². The number of aliphatic imine (C=N–C) groups is 1. The highest BCUT2D eigenvalue weighted by Crippen LogP contribution is 2.19. The van der Waals surface area contributed by atoms with Gasteiger partial charge >= 0.3 is 0 Å². The van der Waals surface area contributed by atoms with E-state index in [0.29, 0.717) is 12.5 Å². The fourth-order valence-electron chi connectivity index (χ4n) is 2.20. The van der Waals surface area contributed by atoms with Crippen LogP contribution in [0.25, 0.3) is 0 Å². The van der Waals surface area contributed by atoms with Gasteiger partial charge in [-0.1, -0.05) is 31.5 Å². The zero-order valence-electron chi connectivity index (χ0n) is 15.5. The number of ether oxygens (including phenoxy) is 2. The van der Waals surface area contributed by atoms with Gasteiger partial charge in [-0.05, 0) is 30.9 Å². The molecule has 24 heavy (non-hydrogen) atoms. The molecule has 0 aromatic heterocycles. The van der Waals surface area contributed by atoms with E-state index in [-0.39, 0.29) is 24.0 Å². The second-order valence-electron chi connectivity index (χ2n) is 5.96. The van der Waals surface area contributed by atoms with Gasteiger partial charge in [0.25, 0.3) is 0 Å². The molecule has 0 unspecified atom stereocenters. The van der Waals surface area contributed by atoms with Crippen molar-refractivity contribution in [2.24, 2.45) is 10.9 Å². The van der Waals surface area contributed by atoms with Crippen LogP contribution in [0, 0.1) is 12.8 Å². The Balaban J connectivity index is 0.00000529. The van der Waals surface area contributed by atoms with Gasteiger partial charge in [0.05, 0.1) is 13.7 Å². The fourth-order valence-corrected chi connectivity index (χ4v) is 2.20. The Morgan fingerprint density at radius 2 is 1.92 bits per heavy atom. The van der Waals surface area contributed by atoms with Crippen molar-refractivity contribution in [2.45, 2.75) is 27.2 Å². The van der Waals surface area contributed by atoms with Crippen LogP contribution in [0.2, 0.25) is 0 Å². The monoisotopic (exact) mass is 449 g/mol. The molecule has 1 aromatic rings. The van der Waals surface area contributed by atoms with E-state index in [9.17, 15) is 0 Å². The number of nitrogens with zero attached hydrogens (tertiary/aromatic N) is 1. The second-order valence-corrected chi connectivity index (χ2v) is 5.96. The third kappa shape index (κ3) is 9.32. The molecule has 138 valence electrons. The van der Waals surface area contributed by atoms with E-state index in [4.69, 9.17) is 9.47 Å². The number of benzene rings is 1. The van der Waals surface area contributed by atoms with Gasteiger partial charge in [0, 0.05) is 26.7 Å². The average Bonchev–Trinajstić information content (AvgIpc) is 2.52. The lowest BCUT2D eigenvalue weighted by molar-refractivity contribution is 0.114. The molecule has 0 atom stereocenters. The molecule has 0 aliphatic carbocycles. The minimum atomic E-state index is 0. The van der Waals surface area contributed by atoms with Crippen molar-refractivity contribution < 1.29 is 9.47 Å². The lowest BCUT2D eigenvalue weighted by Gasteiger charge is -2.14. The third-order valence-electron chi connectivity index (χ3n) is 3.34. The fraction of sp³-hybridized carbons (Fsp3) is 0.611. The molecular weight excluding hydrogens is 417 g/mol. The first-order chi connectivity index (χ1) is 11.1. The Morgan fingerprint density at radius 3 is 2.54 bits per heavy atom. The van der Waals surface area contributed by atoms with Crippen molar-refractivity contribution in [1.29, 1.82) is 0 Å². The Hall–Kier alpha value is -1.02. The summed E-state index contributed by atoms with van der Waals surface area (Å²) in [5.41, 5.74) is 2.45. The van der Waals surface area contributed by atoms with Crippen LogP contribution in [-0.2, 0) is 11.2 Å². The highest BCUT2D eigenvalue weighted by molar-refractivity contribution is 14.0. The number of guanidine groups is 1. The Kier molecular flexibility index (Phi) is 12.7. The van der Waals surface area contributed by atoms with Gasteiger partial charge in [0.2, 0.25) is 0 Å². The highest BCUT2D eigenvalue weighted by atomic mass is 127. The van der Waals surface area contributed by atoms with Crippen LogP contribution in [0.3, 0.4) is 0 Å². The summed E-state index contributed by atoms with van der Waals surface area (Å²) in [6.07, 6.45) is 0.884. The average molecular weight is 449 g/mol. The molecule has 0 spiro atoms. The van der Waals surface area contributed by atoms with E-state index >= 15 is 0 Å². The van der Waals surface area contributed by atoms with Gasteiger partial charge in [-0.3, -0.25) is 4.99 Å². The first-order valence-electron chi connectivity index (χ1n) is 8.22. The molecule has 0 aliphatic rings. The summed E-state index contributed by atoms with van der Waals surface area (Å²) in [5.74, 6) is 2.30. The van der Waals surface area contributed by atoms with Crippen LogP contribution < -0.4 is 15.4 Å². The van der Waals surface area contributed by atoms with Crippen LogP contribution in [0.4, 0.5) is 0 Å². The Morgan fingerprint density at radius 1 is 1.21 bits per heavy atom. The van der Waals surface area contributed by atoms with Crippen LogP contribution >= 0.6 is 24.0 Å². The highest BCUT2D eigenvalue weighted by Gasteiger charge is 2.04. The number of rotatable bonds is 9. The summed E-state index contributed by atoms with van der Waals surface area (Å²) < 4.78 is 11.0. The topological polar surface area (TPSA) is 54.9 Å². The predicted molar refractivity (Wildman–Crippen MR) is 112 cm³/mol. The van der Waals surface area contributed by atoms with Gasteiger partial charge in [0.15, 0.2) is 5.96 Å². The molecule has 0 saturated carbocycles. The standard InChI is InChI=1S/C18H31N3O2.HI/c1-14(2)13-23-11-10-21-18(19-4)20-9-8-16-12-15(3)6-7-17(16)22-5;/h6-7,12,14H,8-11,13H2,1-5H3,(H2,19,20,21);1H. The van der Waals surface area contributed by atoms with Crippen molar-refractivity contribution >= 4 is 29.9 Å². The molecule has 5 nitrogen and oxygen atoms in total. The Labute approximate surface area is 163 Å². The minimum absolute atomic E-state index is 0. The first kappa shape index (κ1) is 23.0. The van der Waals surface area contributed by atoms with Crippen molar-refractivity contribution in [1.82, 2.24) is 10.6 Å². The molecule has 0 saturated heterocycles. The molecule has 6 heteroatoms. The Bertz CT molecular complexity index is 493. The zero-order chi connectivity index (χ0) is 17.1. The summed E-state index contributed by atoms with van der Waals surface area (Å²) in [6, 6.07) is 6.24. The largest absolute Gasteiger partial charge is 0.496 e. The minimum Gasteiger partial charge on any atom is -0.496 e. The first-order valence-corrected chi connectivity index (χ1v) is 8.22. The van der Waals surface area contributed by atoms with Crippen LogP contribution in [0.15, 0.2) is 23.2 Å². The van der Waals surface area contributed by atoms with Gasteiger partial charge in [-0.15, -0.1) is 24.0 Å². The molecular formula is C18H32IN3O2. The van der Waals surface area contributed by atoms with E-state index in [1.807, 2.05) is 6.07 Å². The van der Waals surface area contributed by atoms with E-state index in [0.717, 1.165) is 37.8 Å². The molecule has 0 radical (unpaired) electrons. The summed E-state index contributed by atoms with van der Waals surface area (Å²) in [7, 11) is 3.48. The van der Waals surface area contributed by atoms with Gasteiger partial charge in [0.1, 0.15) is 5.75 Å². The van der Waals surface area contributed by atoms with Crippen molar-refractivity contribution in [3.8, 4) is 5.75 Å². The molecule has 0 amide bonds. The number of halogens is 1. The maximum Gasteiger partial charge on any atom is 0.191 e. The van der Waals surface area contributed by atoms with Gasteiger partial charge < -0.3 is 20.1 Å². The van der Waals surface area contributed by atoms with Gasteiger partial charge in [-0.25, -0.2) is 0 Å². The van der Waals surface area contributed by atoms with Crippen molar-refractivity contribution in [3.63, 3.8) is 0 Å². The zero-order valence-corrected chi connectivity index (χ0v) is 17.8. The summed E-state index contributed by atoms with van der Waals surface area (Å²) in [5, 5.41) is 6.57. The number of hydrogen-bond acceptors (Lipinski definition) is 3. The normalized spacial score (nSPS) is 11.2. The van der Waals surface area contributed by atoms with Crippen LogP contribution in [-0.4, -0.2) is 46.4 Å². The second kappa shape index (κ2) is 13.3. The van der Waals surface area contributed by atoms with Crippen molar-refractivity contribution in [3.05, 3.63) is 29.3 Å². The van der Waals surface area contributed by atoms with Crippen LogP contribution in [0.1, 0.15) is 25.0 Å². The summed E-state index contributed by atoms with van der Waals surface area (Å²) >= 11 is 0. The van der Waals surface area contributed by atoms with Gasteiger partial charge in [-0.2, -0.15) is 0 Å². The molecule has 1 rings (SSSR count). The van der Waals surface area contributed by atoms with E-state index in [1.165, 1.54) is 11.1 Å². The molecule has 0 bridgehead atoms. The number of methoxy groups -OCH3 is 1. The third-order valence-corrected chi connectivity index (χ3v) is 3.34. The van der Waals surface area contributed by atoms with Crippen LogP contribution in [0.5, 0.6) is 5.75 Å². The molecule has 0 fully saturated rings. The molecule has 1 aromatic carbocycles. The molecule has 0 heterocycles.